The van der Waals surface area contributed by atoms with Gasteiger partial charge in [-0.15, -0.1) is 11.8 Å². The molecule has 1 amide bonds. The van der Waals surface area contributed by atoms with Gasteiger partial charge in [0.15, 0.2) is 0 Å². The molecule has 0 radical (unpaired) electrons. The van der Waals surface area contributed by atoms with Crippen LogP contribution in [0.25, 0.3) is 0 Å². The van der Waals surface area contributed by atoms with Crippen molar-refractivity contribution in [2.45, 2.75) is 31.0 Å². The summed E-state index contributed by atoms with van der Waals surface area (Å²) in [7, 11) is 0. The summed E-state index contributed by atoms with van der Waals surface area (Å²) in [5.41, 5.74) is 5.33. The number of pyridine rings is 1. The molecule has 1 rings (SSSR count). The van der Waals surface area contributed by atoms with Crippen molar-refractivity contribution in [3.8, 4) is 0 Å². The van der Waals surface area contributed by atoms with Gasteiger partial charge in [0.2, 0.25) is 5.91 Å². The van der Waals surface area contributed by atoms with Crippen molar-refractivity contribution in [3.63, 3.8) is 0 Å². The Bertz CT molecular complexity index is 369. The standard InChI is InChI=1S/C11H16BrN3OS/c1-7(2)15-9(11(13)16)6-17-10-4-3-8(12)5-14-10/h3-5,7,9,15H,6H2,1-2H3,(H2,13,16). The molecule has 0 aliphatic heterocycles. The molecule has 1 aromatic heterocycles. The highest BCUT2D eigenvalue weighted by atomic mass is 79.9. The zero-order valence-corrected chi connectivity index (χ0v) is 12.2. The third kappa shape index (κ3) is 5.52. The molecule has 6 heteroatoms. The number of primary amides is 1. The van der Waals surface area contributed by atoms with E-state index in [4.69, 9.17) is 5.73 Å². The third-order valence-electron chi connectivity index (χ3n) is 1.98. The van der Waals surface area contributed by atoms with Gasteiger partial charge >= 0.3 is 0 Å². The van der Waals surface area contributed by atoms with Crippen LogP contribution in [0.2, 0.25) is 0 Å². The number of halogens is 1. The Hall–Kier alpha value is -0.590. The quantitative estimate of drug-likeness (QED) is 0.785. The van der Waals surface area contributed by atoms with E-state index in [0.29, 0.717) is 5.75 Å². The molecule has 1 heterocycles. The Morgan fingerprint density at radius 1 is 1.59 bits per heavy atom. The number of nitrogens with zero attached hydrogens (tertiary/aromatic N) is 1. The SMILES string of the molecule is CC(C)NC(CSc1ccc(Br)cn1)C(N)=O. The maximum atomic E-state index is 11.2. The fraction of sp³-hybridized carbons (Fsp3) is 0.455. The monoisotopic (exact) mass is 317 g/mol. The molecule has 94 valence electrons. The van der Waals surface area contributed by atoms with Crippen molar-refractivity contribution >= 4 is 33.6 Å². The molecular formula is C11H16BrN3OS. The summed E-state index contributed by atoms with van der Waals surface area (Å²) in [4.78, 5) is 15.5. The summed E-state index contributed by atoms with van der Waals surface area (Å²) in [5, 5.41) is 4.01. The highest BCUT2D eigenvalue weighted by Gasteiger charge is 2.16. The number of hydrogen-bond acceptors (Lipinski definition) is 4. The Kier molecular flexibility index (Phi) is 5.94. The van der Waals surface area contributed by atoms with Crippen LogP contribution in [0.4, 0.5) is 0 Å². The van der Waals surface area contributed by atoms with Crippen molar-refractivity contribution in [2.24, 2.45) is 5.73 Å². The molecule has 0 aliphatic rings. The number of nitrogens with one attached hydrogen (secondary N) is 1. The summed E-state index contributed by atoms with van der Waals surface area (Å²) in [5.74, 6) is 0.255. The zero-order chi connectivity index (χ0) is 12.8. The molecule has 3 N–H and O–H groups in total. The Morgan fingerprint density at radius 3 is 2.76 bits per heavy atom. The minimum absolute atomic E-state index is 0.228. The molecular weight excluding hydrogens is 302 g/mol. The molecule has 4 nitrogen and oxygen atoms in total. The van der Waals surface area contributed by atoms with Crippen LogP contribution >= 0.6 is 27.7 Å². The highest BCUT2D eigenvalue weighted by Crippen LogP contribution is 2.18. The van der Waals surface area contributed by atoms with E-state index in [1.54, 1.807) is 6.20 Å². The molecule has 1 aromatic rings. The van der Waals surface area contributed by atoms with E-state index in [9.17, 15) is 4.79 Å². The summed E-state index contributed by atoms with van der Waals surface area (Å²) < 4.78 is 0.939. The molecule has 17 heavy (non-hydrogen) atoms. The summed E-state index contributed by atoms with van der Waals surface area (Å²) in [6.07, 6.45) is 1.73. The molecule has 0 fully saturated rings. The van der Waals surface area contributed by atoms with Gasteiger partial charge in [0.1, 0.15) is 0 Å². The third-order valence-corrected chi connectivity index (χ3v) is 3.48. The summed E-state index contributed by atoms with van der Waals surface area (Å²) in [6.45, 7) is 3.97. The largest absolute Gasteiger partial charge is 0.368 e. The number of rotatable bonds is 6. The van der Waals surface area contributed by atoms with E-state index >= 15 is 0 Å². The molecule has 0 aromatic carbocycles. The lowest BCUT2D eigenvalue weighted by Gasteiger charge is -2.17. The topological polar surface area (TPSA) is 68.0 Å². The average molecular weight is 318 g/mol. The Morgan fingerprint density at radius 2 is 2.29 bits per heavy atom. The van der Waals surface area contributed by atoms with Crippen molar-refractivity contribution < 1.29 is 4.79 Å². The van der Waals surface area contributed by atoms with Crippen LogP contribution < -0.4 is 11.1 Å². The lowest BCUT2D eigenvalue weighted by Crippen LogP contribution is -2.46. The van der Waals surface area contributed by atoms with Gasteiger partial charge in [0.05, 0.1) is 11.1 Å². The van der Waals surface area contributed by atoms with Gasteiger partial charge in [0, 0.05) is 22.5 Å². The van der Waals surface area contributed by atoms with Crippen molar-refractivity contribution in [3.05, 3.63) is 22.8 Å². The number of hydrogen-bond donors (Lipinski definition) is 2. The second-order valence-corrected chi connectivity index (χ2v) is 5.86. The molecule has 0 aliphatic carbocycles. The first-order valence-electron chi connectivity index (χ1n) is 5.28. The van der Waals surface area contributed by atoms with Crippen LogP contribution in [0.5, 0.6) is 0 Å². The van der Waals surface area contributed by atoms with Crippen molar-refractivity contribution in [1.29, 1.82) is 0 Å². The average Bonchev–Trinajstić information content (AvgIpc) is 2.25. The first-order chi connectivity index (χ1) is 7.99. The molecule has 1 unspecified atom stereocenters. The van der Waals surface area contributed by atoms with Crippen LogP contribution in [-0.2, 0) is 4.79 Å². The van der Waals surface area contributed by atoms with Gasteiger partial charge in [-0.3, -0.25) is 4.79 Å². The predicted molar refractivity (Wildman–Crippen MR) is 73.9 cm³/mol. The predicted octanol–water partition coefficient (Wildman–Crippen LogP) is 1.79. The van der Waals surface area contributed by atoms with Crippen molar-refractivity contribution in [1.82, 2.24) is 10.3 Å². The summed E-state index contributed by atoms with van der Waals surface area (Å²) in [6, 6.07) is 3.73. The molecule has 0 bridgehead atoms. The van der Waals surface area contributed by atoms with E-state index in [1.807, 2.05) is 26.0 Å². The molecule has 0 saturated carbocycles. The molecule has 1 atom stereocenters. The second-order valence-electron chi connectivity index (χ2n) is 3.90. The summed E-state index contributed by atoms with van der Waals surface area (Å²) >= 11 is 4.84. The maximum Gasteiger partial charge on any atom is 0.235 e. The molecule has 0 saturated heterocycles. The van der Waals surface area contributed by atoms with E-state index < -0.39 is 0 Å². The fourth-order valence-electron chi connectivity index (χ4n) is 1.23. The number of thioether (sulfide) groups is 1. The van der Waals surface area contributed by atoms with E-state index in [1.165, 1.54) is 11.8 Å². The van der Waals surface area contributed by atoms with E-state index in [2.05, 4.69) is 26.2 Å². The number of carbonyl (C=O) groups excluding carboxylic acids is 1. The van der Waals surface area contributed by atoms with Crippen LogP contribution in [0, 0.1) is 0 Å². The van der Waals surface area contributed by atoms with Crippen molar-refractivity contribution in [2.75, 3.05) is 5.75 Å². The number of amides is 1. The first kappa shape index (κ1) is 14.5. The normalized spacial score (nSPS) is 12.7. The van der Waals surface area contributed by atoms with Crippen LogP contribution in [0.3, 0.4) is 0 Å². The first-order valence-corrected chi connectivity index (χ1v) is 7.06. The Balaban J connectivity index is 2.51. The minimum atomic E-state index is -0.330. The number of carbonyl (C=O) groups is 1. The Labute approximate surface area is 114 Å². The van der Waals surface area contributed by atoms with E-state index in [0.717, 1.165) is 9.50 Å². The highest BCUT2D eigenvalue weighted by molar-refractivity contribution is 9.10. The van der Waals surface area contributed by atoms with Gasteiger partial charge in [-0.25, -0.2) is 4.98 Å². The lowest BCUT2D eigenvalue weighted by molar-refractivity contribution is -0.119. The number of nitrogens with two attached hydrogens (primary N) is 1. The van der Waals surface area contributed by atoms with Gasteiger partial charge in [-0.05, 0) is 28.1 Å². The lowest BCUT2D eigenvalue weighted by atomic mass is 10.3. The van der Waals surface area contributed by atoms with Gasteiger partial charge in [-0.2, -0.15) is 0 Å². The van der Waals surface area contributed by atoms with Crippen LogP contribution in [-0.4, -0.2) is 28.7 Å². The second kappa shape index (κ2) is 6.98. The van der Waals surface area contributed by atoms with Gasteiger partial charge in [-0.1, -0.05) is 13.8 Å². The van der Waals surface area contributed by atoms with Crippen LogP contribution in [0.15, 0.2) is 27.8 Å². The fourth-order valence-corrected chi connectivity index (χ4v) is 2.36. The molecule has 0 spiro atoms. The zero-order valence-electron chi connectivity index (χ0n) is 9.81. The maximum absolute atomic E-state index is 11.2. The van der Waals surface area contributed by atoms with Gasteiger partial charge < -0.3 is 11.1 Å². The minimum Gasteiger partial charge on any atom is -0.368 e. The number of aromatic nitrogens is 1. The van der Waals surface area contributed by atoms with Gasteiger partial charge in [0.25, 0.3) is 0 Å². The smallest absolute Gasteiger partial charge is 0.235 e. The van der Waals surface area contributed by atoms with Crippen LogP contribution in [0.1, 0.15) is 13.8 Å². The van der Waals surface area contributed by atoms with E-state index in [-0.39, 0.29) is 18.0 Å².